The molecule has 10 nitrogen and oxygen atoms in total. The van der Waals surface area contributed by atoms with Crippen molar-refractivity contribution in [1.82, 2.24) is 21.3 Å². The quantitative estimate of drug-likeness (QED) is 0.416. The molecule has 10 heteroatoms. The summed E-state index contributed by atoms with van der Waals surface area (Å²) >= 11 is 0. The fourth-order valence-electron chi connectivity index (χ4n) is 3.18. The van der Waals surface area contributed by atoms with Crippen molar-refractivity contribution in [3.8, 4) is 5.75 Å². The Morgan fingerprint density at radius 2 is 1.97 bits per heavy atom. The second-order valence-corrected chi connectivity index (χ2v) is 7.84. The van der Waals surface area contributed by atoms with E-state index >= 15 is 0 Å². The normalized spacial score (nSPS) is 23.7. The summed E-state index contributed by atoms with van der Waals surface area (Å²) in [6, 6.07) is 4.17. The largest absolute Gasteiger partial charge is 0.491 e. The number of nitrogens with one attached hydrogen (secondary N) is 4. The van der Waals surface area contributed by atoms with Crippen LogP contribution in [0, 0.1) is 5.92 Å². The van der Waals surface area contributed by atoms with Gasteiger partial charge < -0.3 is 31.1 Å². The van der Waals surface area contributed by atoms with E-state index in [9.17, 15) is 24.3 Å². The van der Waals surface area contributed by atoms with Crippen LogP contribution in [0.4, 0.5) is 0 Å². The zero-order valence-electron chi connectivity index (χ0n) is 17.3. The Balaban J connectivity index is 1.83. The molecule has 0 unspecified atom stereocenters. The fourth-order valence-corrected chi connectivity index (χ4v) is 3.18. The van der Waals surface area contributed by atoms with Gasteiger partial charge in [-0.25, -0.2) is 0 Å². The smallest absolute Gasteiger partial charge is 0.255 e. The first kappa shape index (κ1) is 22.5. The van der Waals surface area contributed by atoms with Gasteiger partial charge >= 0.3 is 0 Å². The highest BCUT2D eigenvalue weighted by Crippen LogP contribution is 2.27. The third-order valence-electron chi connectivity index (χ3n) is 5.15. The Morgan fingerprint density at radius 1 is 1.23 bits per heavy atom. The maximum atomic E-state index is 12.9. The van der Waals surface area contributed by atoms with Gasteiger partial charge in [-0.05, 0) is 37.8 Å². The summed E-state index contributed by atoms with van der Waals surface area (Å²) in [4.78, 5) is 50.5. The molecule has 2 aliphatic rings. The summed E-state index contributed by atoms with van der Waals surface area (Å²) in [6.45, 7) is 2.04. The van der Waals surface area contributed by atoms with Crippen LogP contribution in [-0.2, 0) is 14.4 Å². The van der Waals surface area contributed by atoms with E-state index in [-0.39, 0.29) is 25.1 Å². The van der Waals surface area contributed by atoms with Gasteiger partial charge in [0.2, 0.25) is 17.7 Å². The van der Waals surface area contributed by atoms with E-state index in [1.54, 1.807) is 24.3 Å². The molecule has 5 N–H and O–H groups in total. The third-order valence-corrected chi connectivity index (χ3v) is 5.15. The van der Waals surface area contributed by atoms with Gasteiger partial charge in [-0.1, -0.05) is 12.1 Å². The molecule has 1 saturated carbocycles. The number of fused-ring (bicyclic) bond motifs is 1. The lowest BCUT2D eigenvalue weighted by molar-refractivity contribution is -0.133. The fraction of sp³-hybridized carbons (Fsp3) is 0.524. The van der Waals surface area contributed by atoms with Crippen molar-refractivity contribution in [3.05, 3.63) is 29.8 Å². The second-order valence-electron chi connectivity index (χ2n) is 7.84. The molecule has 1 fully saturated rings. The number of hydrogen-bond acceptors (Lipinski definition) is 6. The van der Waals surface area contributed by atoms with Crippen LogP contribution in [0.2, 0.25) is 0 Å². The predicted octanol–water partition coefficient (Wildman–Crippen LogP) is -0.924. The van der Waals surface area contributed by atoms with E-state index in [1.165, 1.54) is 6.92 Å². The Morgan fingerprint density at radius 3 is 2.68 bits per heavy atom. The van der Waals surface area contributed by atoms with Crippen LogP contribution < -0.4 is 26.0 Å². The molecule has 31 heavy (non-hydrogen) atoms. The van der Waals surface area contributed by atoms with Crippen LogP contribution in [0.1, 0.15) is 36.5 Å². The van der Waals surface area contributed by atoms with Crippen molar-refractivity contribution in [1.29, 1.82) is 0 Å². The zero-order valence-corrected chi connectivity index (χ0v) is 17.3. The van der Waals surface area contributed by atoms with Crippen LogP contribution in [0.5, 0.6) is 5.75 Å². The van der Waals surface area contributed by atoms with Gasteiger partial charge in [0.05, 0.1) is 24.6 Å². The molecule has 1 aromatic carbocycles. The van der Waals surface area contributed by atoms with E-state index in [0.717, 1.165) is 12.8 Å². The molecule has 168 valence electrons. The number of para-hydroxylation sites is 1. The molecule has 0 aromatic heterocycles. The number of aliphatic hydroxyl groups is 1. The number of carbonyl (C=O) groups excluding carboxylic acids is 4. The first-order valence-electron chi connectivity index (χ1n) is 10.4. The maximum Gasteiger partial charge on any atom is 0.255 e. The predicted molar refractivity (Wildman–Crippen MR) is 110 cm³/mol. The summed E-state index contributed by atoms with van der Waals surface area (Å²) < 4.78 is 5.63. The van der Waals surface area contributed by atoms with Crippen LogP contribution in [0.25, 0.3) is 0 Å². The molecular weight excluding hydrogens is 404 g/mol. The number of hydrogen-bond donors (Lipinski definition) is 5. The summed E-state index contributed by atoms with van der Waals surface area (Å²) in [6.07, 6.45) is 0.526. The molecule has 3 atom stereocenters. The number of aliphatic hydroxyl groups excluding tert-OH is 1. The van der Waals surface area contributed by atoms with Crippen LogP contribution in [-0.4, -0.2) is 66.6 Å². The molecule has 1 heterocycles. The Hall–Kier alpha value is -3.14. The molecule has 1 aliphatic carbocycles. The molecule has 1 aliphatic heterocycles. The van der Waals surface area contributed by atoms with Crippen molar-refractivity contribution in [2.75, 3.05) is 19.7 Å². The number of ether oxygens (including phenoxy) is 1. The van der Waals surface area contributed by atoms with Crippen molar-refractivity contribution >= 4 is 23.6 Å². The summed E-state index contributed by atoms with van der Waals surface area (Å²) in [5, 5.41) is 20.3. The Labute approximate surface area is 180 Å². The van der Waals surface area contributed by atoms with Crippen molar-refractivity contribution < 1.29 is 29.0 Å². The Bertz CT molecular complexity index is 839. The minimum absolute atomic E-state index is 0.0712. The van der Waals surface area contributed by atoms with Gasteiger partial charge in [0.25, 0.3) is 5.91 Å². The summed E-state index contributed by atoms with van der Waals surface area (Å²) in [5.41, 5.74) is 0.216. The van der Waals surface area contributed by atoms with E-state index in [2.05, 4.69) is 21.3 Å². The lowest BCUT2D eigenvalue weighted by Crippen LogP contribution is -2.55. The van der Waals surface area contributed by atoms with E-state index in [4.69, 9.17) is 4.74 Å². The van der Waals surface area contributed by atoms with Crippen molar-refractivity contribution in [3.63, 3.8) is 0 Å². The SMILES string of the molecule is C[C@@H](O)[C@@H]1NC(=O)C[C@@H](C(=O)NCC2CC2)NC(=O)c2ccccc2OCCNC1=O. The van der Waals surface area contributed by atoms with E-state index < -0.39 is 41.8 Å². The van der Waals surface area contributed by atoms with Gasteiger partial charge in [-0.15, -0.1) is 0 Å². The highest BCUT2D eigenvalue weighted by atomic mass is 16.5. The number of amides is 4. The monoisotopic (exact) mass is 432 g/mol. The van der Waals surface area contributed by atoms with Crippen LogP contribution >= 0.6 is 0 Å². The molecule has 0 radical (unpaired) electrons. The average Bonchev–Trinajstić information content (AvgIpc) is 3.56. The molecule has 3 rings (SSSR count). The highest BCUT2D eigenvalue weighted by molar-refractivity contribution is 6.01. The minimum atomic E-state index is -1.20. The second kappa shape index (κ2) is 10.3. The third kappa shape index (κ3) is 6.42. The lowest BCUT2D eigenvalue weighted by Gasteiger charge is -2.24. The zero-order chi connectivity index (χ0) is 22.4. The maximum absolute atomic E-state index is 12.9. The number of rotatable bonds is 4. The Kier molecular flexibility index (Phi) is 7.45. The molecule has 0 bridgehead atoms. The molecular formula is C21H28N4O6. The number of benzene rings is 1. The summed E-state index contributed by atoms with van der Waals surface area (Å²) in [7, 11) is 0. The first-order chi connectivity index (χ1) is 14.8. The lowest BCUT2D eigenvalue weighted by atomic mass is 10.1. The molecule has 0 saturated heterocycles. The standard InChI is InChI=1S/C21H28N4O6/c1-12(26)18-21(30)22-8-9-31-16-5-3-2-4-14(16)19(28)24-15(10-17(27)25-18)20(29)23-11-13-6-7-13/h2-5,12-13,15,18,26H,6-11H2,1H3,(H,22,30)(H,23,29)(H,24,28)(H,25,27)/t12-,15+,18+/m1/s1. The van der Waals surface area contributed by atoms with Gasteiger partial charge in [0.15, 0.2) is 0 Å². The van der Waals surface area contributed by atoms with Crippen molar-refractivity contribution in [2.45, 2.75) is 44.4 Å². The van der Waals surface area contributed by atoms with Gasteiger partial charge in [-0.3, -0.25) is 19.2 Å². The average molecular weight is 432 g/mol. The summed E-state index contributed by atoms with van der Waals surface area (Å²) in [5.74, 6) is -1.54. The molecule has 4 amide bonds. The van der Waals surface area contributed by atoms with Gasteiger partial charge in [0, 0.05) is 6.54 Å². The van der Waals surface area contributed by atoms with E-state index in [0.29, 0.717) is 18.2 Å². The van der Waals surface area contributed by atoms with Gasteiger partial charge in [-0.2, -0.15) is 0 Å². The molecule has 0 spiro atoms. The van der Waals surface area contributed by atoms with Crippen LogP contribution in [0.15, 0.2) is 24.3 Å². The topological polar surface area (TPSA) is 146 Å². The van der Waals surface area contributed by atoms with Crippen LogP contribution in [0.3, 0.4) is 0 Å². The number of carbonyl (C=O) groups is 4. The van der Waals surface area contributed by atoms with E-state index in [1.807, 2.05) is 0 Å². The molecule has 1 aromatic rings. The van der Waals surface area contributed by atoms with Gasteiger partial charge in [0.1, 0.15) is 24.4 Å². The van der Waals surface area contributed by atoms with Crippen molar-refractivity contribution in [2.24, 2.45) is 5.92 Å². The minimum Gasteiger partial charge on any atom is -0.491 e. The first-order valence-corrected chi connectivity index (χ1v) is 10.4. The highest BCUT2D eigenvalue weighted by Gasteiger charge is 2.31.